The lowest BCUT2D eigenvalue weighted by Gasteiger charge is -2.14. The smallest absolute Gasteiger partial charge is 0.233 e. The van der Waals surface area contributed by atoms with Crippen LogP contribution in [0.2, 0.25) is 0 Å². The van der Waals surface area contributed by atoms with Crippen LogP contribution in [0.4, 0.5) is 0 Å². The molecule has 4 aromatic rings. The number of benzene rings is 1. The van der Waals surface area contributed by atoms with E-state index in [1.807, 2.05) is 23.5 Å². The zero-order valence-electron chi connectivity index (χ0n) is 15.2. The normalized spacial score (nSPS) is 12.5. The number of fused-ring (bicyclic) bond motifs is 3. The van der Waals surface area contributed by atoms with E-state index in [0.717, 1.165) is 28.0 Å². The fourth-order valence-electron chi connectivity index (χ4n) is 2.96. The summed E-state index contributed by atoms with van der Waals surface area (Å²) >= 11 is 3.18. The van der Waals surface area contributed by atoms with Crippen LogP contribution in [-0.4, -0.2) is 25.8 Å². The van der Waals surface area contributed by atoms with Crippen LogP contribution < -0.4 is 5.32 Å². The van der Waals surface area contributed by atoms with Gasteiger partial charge in [0.1, 0.15) is 11.4 Å². The van der Waals surface area contributed by atoms with E-state index >= 15 is 0 Å². The van der Waals surface area contributed by atoms with Gasteiger partial charge in [0.15, 0.2) is 0 Å². The summed E-state index contributed by atoms with van der Waals surface area (Å²) in [5.74, 6) is 0.0280. The molecule has 1 aromatic carbocycles. The van der Waals surface area contributed by atoms with Crippen molar-refractivity contribution < 1.29 is 4.79 Å². The van der Waals surface area contributed by atoms with Crippen molar-refractivity contribution in [1.82, 2.24) is 19.9 Å². The van der Waals surface area contributed by atoms with Gasteiger partial charge in [0.05, 0.1) is 21.0 Å². The summed E-state index contributed by atoms with van der Waals surface area (Å²) in [4.78, 5) is 12.7. The summed E-state index contributed by atoms with van der Waals surface area (Å²) < 4.78 is 3.24. The number of carbonyl (C=O) groups excluding carboxylic acids is 1. The third-order valence-electron chi connectivity index (χ3n) is 4.50. The van der Waals surface area contributed by atoms with Gasteiger partial charge in [-0.2, -0.15) is 0 Å². The van der Waals surface area contributed by atoms with Crippen molar-refractivity contribution in [2.24, 2.45) is 0 Å². The molecule has 4 rings (SSSR count). The van der Waals surface area contributed by atoms with Crippen LogP contribution >= 0.6 is 23.1 Å². The van der Waals surface area contributed by atoms with Crippen molar-refractivity contribution in [2.45, 2.75) is 37.1 Å². The van der Waals surface area contributed by atoms with Gasteiger partial charge < -0.3 is 5.32 Å². The van der Waals surface area contributed by atoms with Gasteiger partial charge in [-0.15, -0.1) is 21.5 Å². The number of hydrogen-bond acceptors (Lipinski definition) is 5. The number of aromatic nitrogens is 3. The molecule has 1 atom stereocenters. The first kappa shape index (κ1) is 18.0. The van der Waals surface area contributed by atoms with Crippen molar-refractivity contribution in [1.29, 1.82) is 0 Å². The fraction of sp³-hybridized carbons (Fsp3) is 0.250. The summed E-state index contributed by atoms with van der Waals surface area (Å²) in [5, 5.41) is 14.1. The number of thiophene rings is 1. The minimum Gasteiger partial charge on any atom is -0.351 e. The van der Waals surface area contributed by atoms with Gasteiger partial charge in [0.2, 0.25) is 5.91 Å². The Morgan fingerprint density at radius 1 is 1.26 bits per heavy atom. The Hall–Kier alpha value is -2.38. The number of amides is 1. The summed E-state index contributed by atoms with van der Waals surface area (Å²) in [6.45, 7) is 4.61. The lowest BCUT2D eigenvalue weighted by atomic mass is 10.1. The molecule has 0 aliphatic heterocycles. The van der Waals surface area contributed by atoms with Crippen molar-refractivity contribution in [3.05, 3.63) is 59.2 Å². The highest BCUT2D eigenvalue weighted by molar-refractivity contribution is 8.00. The molecule has 0 aliphatic carbocycles. The molecule has 0 bridgehead atoms. The monoisotopic (exact) mass is 396 g/mol. The van der Waals surface area contributed by atoms with E-state index in [4.69, 9.17) is 0 Å². The molecule has 1 amide bonds. The van der Waals surface area contributed by atoms with Crippen LogP contribution in [-0.2, 0) is 11.3 Å². The Bertz CT molecular complexity index is 1080. The number of nitrogens with one attached hydrogen (secondary N) is 1. The second-order valence-electron chi connectivity index (χ2n) is 6.42. The largest absolute Gasteiger partial charge is 0.351 e. The second-order valence-corrected chi connectivity index (χ2v) is 8.56. The van der Waals surface area contributed by atoms with Crippen LogP contribution in [0.15, 0.2) is 53.1 Å². The molecule has 138 valence electrons. The van der Waals surface area contributed by atoms with E-state index in [1.54, 1.807) is 17.7 Å². The molecule has 7 heteroatoms. The maximum atomic E-state index is 12.7. The third kappa shape index (κ3) is 3.70. The predicted octanol–water partition coefficient (Wildman–Crippen LogP) is 4.44. The first-order valence-corrected chi connectivity index (χ1v) is 10.6. The quantitative estimate of drug-likeness (QED) is 0.490. The standard InChI is InChI=1S/C20H20N4OS2/c1-3-17(19(25)21-11-14-6-4-13(2)5-7-14)27-20-16-10-18-15(8-9-26-18)24(16)12-22-23-20/h4-10,12,17H,3,11H2,1-2H3,(H,21,25)/t17-/m1/s1. The van der Waals surface area contributed by atoms with Gasteiger partial charge in [-0.1, -0.05) is 48.5 Å². The molecular weight excluding hydrogens is 376 g/mol. The molecule has 27 heavy (non-hydrogen) atoms. The van der Waals surface area contributed by atoms with E-state index in [1.165, 1.54) is 22.0 Å². The highest BCUT2D eigenvalue weighted by Crippen LogP contribution is 2.32. The van der Waals surface area contributed by atoms with Crippen LogP contribution in [0.3, 0.4) is 0 Å². The number of hydrogen-bond donors (Lipinski definition) is 1. The molecule has 0 fully saturated rings. The summed E-state index contributed by atoms with van der Waals surface area (Å²) in [7, 11) is 0. The van der Waals surface area contributed by atoms with Gasteiger partial charge in [0.25, 0.3) is 0 Å². The average molecular weight is 397 g/mol. The van der Waals surface area contributed by atoms with Crippen LogP contribution in [0.1, 0.15) is 24.5 Å². The number of carbonyl (C=O) groups is 1. The number of thioether (sulfide) groups is 1. The lowest BCUT2D eigenvalue weighted by Crippen LogP contribution is -2.32. The van der Waals surface area contributed by atoms with Gasteiger partial charge in [0, 0.05) is 6.54 Å². The molecule has 0 saturated heterocycles. The molecule has 0 aliphatic rings. The van der Waals surface area contributed by atoms with Crippen LogP contribution in [0, 0.1) is 6.92 Å². The molecule has 0 spiro atoms. The summed E-state index contributed by atoms with van der Waals surface area (Å²) in [6, 6.07) is 12.4. The van der Waals surface area contributed by atoms with Gasteiger partial charge in [-0.05, 0) is 36.4 Å². The molecule has 0 unspecified atom stereocenters. The van der Waals surface area contributed by atoms with Crippen molar-refractivity contribution >= 4 is 44.7 Å². The summed E-state index contributed by atoms with van der Waals surface area (Å²) in [5.41, 5.74) is 4.44. The molecule has 3 aromatic heterocycles. The van der Waals surface area contributed by atoms with Crippen molar-refractivity contribution in [3.63, 3.8) is 0 Å². The van der Waals surface area contributed by atoms with E-state index in [2.05, 4.69) is 52.1 Å². The van der Waals surface area contributed by atoms with Crippen molar-refractivity contribution in [3.8, 4) is 0 Å². The third-order valence-corrected chi connectivity index (χ3v) is 6.70. The van der Waals surface area contributed by atoms with Crippen LogP contribution in [0.25, 0.3) is 15.7 Å². The molecule has 3 heterocycles. The summed E-state index contributed by atoms with van der Waals surface area (Å²) in [6.07, 6.45) is 2.45. The zero-order chi connectivity index (χ0) is 18.8. The Labute approximate surface area is 165 Å². The first-order chi connectivity index (χ1) is 13.2. The average Bonchev–Trinajstić information content (AvgIpc) is 3.27. The maximum Gasteiger partial charge on any atom is 0.233 e. The molecular formula is C20H20N4OS2. The van der Waals surface area contributed by atoms with E-state index in [-0.39, 0.29) is 11.2 Å². The zero-order valence-corrected chi connectivity index (χ0v) is 16.8. The molecule has 5 nitrogen and oxygen atoms in total. The highest BCUT2D eigenvalue weighted by Gasteiger charge is 2.21. The molecule has 1 N–H and O–H groups in total. The Balaban J connectivity index is 1.50. The lowest BCUT2D eigenvalue weighted by molar-refractivity contribution is -0.120. The Morgan fingerprint density at radius 3 is 2.85 bits per heavy atom. The Morgan fingerprint density at radius 2 is 2.07 bits per heavy atom. The number of nitrogens with zero attached hydrogens (tertiary/aromatic N) is 3. The van der Waals surface area contributed by atoms with E-state index in [9.17, 15) is 4.79 Å². The SMILES string of the molecule is CC[C@@H](Sc1nncn2c1cc1sccc12)C(=O)NCc1ccc(C)cc1. The Kier molecular flexibility index (Phi) is 5.13. The fourth-order valence-corrected chi connectivity index (χ4v) is 4.77. The van der Waals surface area contributed by atoms with Gasteiger partial charge in [-0.3, -0.25) is 9.20 Å². The minimum atomic E-state index is -0.205. The van der Waals surface area contributed by atoms with Crippen molar-refractivity contribution in [2.75, 3.05) is 0 Å². The topological polar surface area (TPSA) is 59.3 Å². The number of rotatable bonds is 6. The van der Waals surface area contributed by atoms with Crippen LogP contribution in [0.5, 0.6) is 0 Å². The van der Waals surface area contributed by atoms with Gasteiger partial charge >= 0.3 is 0 Å². The van der Waals surface area contributed by atoms with E-state index in [0.29, 0.717) is 6.54 Å². The minimum absolute atomic E-state index is 0.0280. The second kappa shape index (κ2) is 7.70. The predicted molar refractivity (Wildman–Crippen MR) is 111 cm³/mol. The number of aryl methyl sites for hydroxylation is 1. The molecule has 0 saturated carbocycles. The van der Waals surface area contributed by atoms with Gasteiger partial charge in [-0.25, -0.2) is 0 Å². The maximum absolute atomic E-state index is 12.7. The highest BCUT2D eigenvalue weighted by atomic mass is 32.2. The van der Waals surface area contributed by atoms with E-state index < -0.39 is 0 Å². The first-order valence-electron chi connectivity index (χ1n) is 8.85. The molecule has 0 radical (unpaired) electrons.